The van der Waals surface area contributed by atoms with E-state index in [2.05, 4.69) is 10.1 Å². The van der Waals surface area contributed by atoms with Gasteiger partial charge < -0.3 is 9.47 Å². The smallest absolute Gasteiger partial charge is 0.419 e. The molecule has 7 nitrogen and oxygen atoms in total. The Morgan fingerprint density at radius 2 is 2.40 bits per heavy atom. The lowest BCUT2D eigenvalue weighted by molar-refractivity contribution is -0.0398. The van der Waals surface area contributed by atoms with E-state index < -0.39 is 6.09 Å². The highest BCUT2D eigenvalue weighted by molar-refractivity contribution is 5.69. The summed E-state index contributed by atoms with van der Waals surface area (Å²) >= 11 is 0. The highest BCUT2D eigenvalue weighted by Crippen LogP contribution is 2.21. The molecule has 0 radical (unpaired) electrons. The summed E-state index contributed by atoms with van der Waals surface area (Å²) in [5, 5.41) is 4.38. The van der Waals surface area contributed by atoms with Gasteiger partial charge >= 0.3 is 6.09 Å². The van der Waals surface area contributed by atoms with Crippen LogP contribution in [0.3, 0.4) is 0 Å². The summed E-state index contributed by atoms with van der Waals surface area (Å²) in [6.45, 7) is 0.909. The van der Waals surface area contributed by atoms with E-state index in [1.165, 1.54) is 23.3 Å². The number of hydrogen-bond donors (Lipinski definition) is 0. The van der Waals surface area contributed by atoms with Crippen molar-refractivity contribution in [2.24, 2.45) is 0 Å². The van der Waals surface area contributed by atoms with E-state index in [1.54, 1.807) is 4.68 Å². The van der Waals surface area contributed by atoms with Crippen LogP contribution >= 0.6 is 0 Å². The molecule has 1 aliphatic heterocycles. The van der Waals surface area contributed by atoms with Crippen molar-refractivity contribution in [1.29, 1.82) is 0 Å². The van der Waals surface area contributed by atoms with Crippen LogP contribution < -0.4 is 0 Å². The quantitative estimate of drug-likeness (QED) is 0.857. The predicted octanol–water partition coefficient (Wildman–Crippen LogP) is 1.96. The van der Waals surface area contributed by atoms with Crippen molar-refractivity contribution in [3.05, 3.63) is 36.7 Å². The second-order valence-corrected chi connectivity index (χ2v) is 4.63. The topological polar surface area (TPSA) is 71.2 Å². The van der Waals surface area contributed by atoms with E-state index >= 15 is 0 Å². The number of aromatic nitrogens is 4. The first-order chi connectivity index (χ1) is 9.83. The van der Waals surface area contributed by atoms with Crippen molar-refractivity contribution in [3.8, 4) is 0 Å². The molecule has 1 atom stereocenters. The van der Waals surface area contributed by atoms with Gasteiger partial charge in [-0.05, 0) is 25.3 Å². The minimum atomic E-state index is -0.467. The van der Waals surface area contributed by atoms with E-state index in [0.717, 1.165) is 25.9 Å². The van der Waals surface area contributed by atoms with Crippen LogP contribution in [0.2, 0.25) is 0 Å². The summed E-state index contributed by atoms with van der Waals surface area (Å²) in [6, 6.07) is 1.83. The van der Waals surface area contributed by atoms with Gasteiger partial charge in [0.1, 0.15) is 24.9 Å². The predicted molar refractivity (Wildman–Crippen MR) is 68.9 cm³/mol. The van der Waals surface area contributed by atoms with Crippen LogP contribution in [-0.4, -0.2) is 32.0 Å². The number of carbonyl (C=O) groups is 1. The summed E-state index contributed by atoms with van der Waals surface area (Å²) in [4.78, 5) is 15.4. The Labute approximate surface area is 116 Å². The molecule has 0 bridgehead atoms. The number of ether oxygens (including phenoxy) is 2. The zero-order chi connectivity index (χ0) is 13.8. The minimum Gasteiger partial charge on any atom is -0.442 e. The van der Waals surface area contributed by atoms with Gasteiger partial charge in [0.25, 0.3) is 0 Å². The fraction of sp³-hybridized carbons (Fsp3) is 0.462. The Balaban J connectivity index is 1.56. The number of imidazole rings is 1. The fourth-order valence-corrected chi connectivity index (χ4v) is 2.12. The summed E-state index contributed by atoms with van der Waals surface area (Å²) in [5.41, 5.74) is 0.702. The molecular formula is C13H16N4O3. The molecule has 0 aliphatic carbocycles. The second-order valence-electron chi connectivity index (χ2n) is 4.63. The number of carbonyl (C=O) groups excluding carboxylic acids is 1. The third-order valence-electron chi connectivity index (χ3n) is 3.17. The van der Waals surface area contributed by atoms with Crippen molar-refractivity contribution in [2.75, 3.05) is 6.61 Å². The summed E-state index contributed by atoms with van der Waals surface area (Å²) in [7, 11) is 0. The average molecular weight is 276 g/mol. The van der Waals surface area contributed by atoms with Gasteiger partial charge in [-0.2, -0.15) is 5.10 Å². The van der Waals surface area contributed by atoms with Crippen molar-refractivity contribution < 1.29 is 14.3 Å². The van der Waals surface area contributed by atoms with Crippen LogP contribution in [0.15, 0.2) is 31.0 Å². The molecule has 106 valence electrons. The Morgan fingerprint density at radius 3 is 3.15 bits per heavy atom. The van der Waals surface area contributed by atoms with Crippen molar-refractivity contribution in [2.45, 2.75) is 32.1 Å². The molecule has 2 aromatic heterocycles. The van der Waals surface area contributed by atoms with Crippen LogP contribution in [-0.2, 0) is 16.1 Å². The molecule has 1 unspecified atom stereocenters. The van der Waals surface area contributed by atoms with Crippen molar-refractivity contribution in [1.82, 2.24) is 19.3 Å². The molecule has 0 N–H and O–H groups in total. The van der Waals surface area contributed by atoms with Crippen molar-refractivity contribution in [3.63, 3.8) is 0 Å². The molecule has 7 heteroatoms. The summed E-state index contributed by atoms with van der Waals surface area (Å²) in [6.07, 6.45) is 9.08. The molecule has 0 saturated carbocycles. The van der Waals surface area contributed by atoms with Gasteiger partial charge in [0.05, 0.1) is 0 Å². The highest BCUT2D eigenvalue weighted by atomic mass is 16.5. The Morgan fingerprint density at radius 1 is 1.45 bits per heavy atom. The fourth-order valence-electron chi connectivity index (χ4n) is 2.12. The summed E-state index contributed by atoms with van der Waals surface area (Å²) < 4.78 is 13.9. The first kappa shape index (κ1) is 12.9. The third kappa shape index (κ3) is 2.88. The Kier molecular flexibility index (Phi) is 3.78. The monoisotopic (exact) mass is 276 g/mol. The lowest BCUT2D eigenvalue weighted by Crippen LogP contribution is -2.19. The van der Waals surface area contributed by atoms with Crippen LogP contribution in [0.1, 0.15) is 31.2 Å². The molecule has 2 aromatic rings. The first-order valence-electron chi connectivity index (χ1n) is 6.63. The molecular weight excluding hydrogens is 260 g/mol. The maximum atomic E-state index is 11.6. The van der Waals surface area contributed by atoms with Crippen LogP contribution in [0, 0.1) is 0 Å². The minimum absolute atomic E-state index is 0.00171. The first-order valence-corrected chi connectivity index (χ1v) is 6.63. The van der Waals surface area contributed by atoms with E-state index in [1.807, 2.05) is 12.3 Å². The van der Waals surface area contributed by atoms with Gasteiger partial charge in [0, 0.05) is 25.2 Å². The van der Waals surface area contributed by atoms with Gasteiger partial charge in [-0.3, -0.25) is 0 Å². The van der Waals surface area contributed by atoms with Gasteiger partial charge in [-0.25, -0.2) is 19.0 Å². The SMILES string of the molecule is O=C(OCc1ccn(C2CCCCO2)n1)n1ccnc1. The van der Waals surface area contributed by atoms with Crippen LogP contribution in [0.25, 0.3) is 0 Å². The highest BCUT2D eigenvalue weighted by Gasteiger charge is 2.16. The Hall–Kier alpha value is -2.15. The molecule has 3 rings (SSSR count). The van der Waals surface area contributed by atoms with Crippen LogP contribution in [0.4, 0.5) is 4.79 Å². The van der Waals surface area contributed by atoms with E-state index in [0.29, 0.717) is 5.69 Å². The molecule has 1 fully saturated rings. The van der Waals surface area contributed by atoms with Gasteiger partial charge in [0.15, 0.2) is 0 Å². The van der Waals surface area contributed by atoms with Gasteiger partial charge in [-0.1, -0.05) is 0 Å². The molecule has 0 aromatic carbocycles. The van der Waals surface area contributed by atoms with Gasteiger partial charge in [0.2, 0.25) is 0 Å². The normalized spacial score (nSPS) is 18.9. The average Bonchev–Trinajstić information content (AvgIpc) is 3.17. The molecule has 1 aliphatic rings. The Bertz CT molecular complexity index is 558. The van der Waals surface area contributed by atoms with E-state index in [9.17, 15) is 4.79 Å². The third-order valence-corrected chi connectivity index (χ3v) is 3.17. The molecule has 0 spiro atoms. The number of hydrogen-bond acceptors (Lipinski definition) is 5. The standard InChI is InChI=1S/C13H16N4O3/c18-13(16-7-5-14-10-16)20-9-11-4-6-17(15-11)12-3-1-2-8-19-12/h4-7,10,12H,1-3,8-9H2. The zero-order valence-corrected chi connectivity index (χ0v) is 11.0. The second kappa shape index (κ2) is 5.87. The number of rotatable bonds is 3. The van der Waals surface area contributed by atoms with Crippen molar-refractivity contribution >= 4 is 6.09 Å². The lowest BCUT2D eigenvalue weighted by Gasteiger charge is -2.22. The summed E-state index contributed by atoms with van der Waals surface area (Å²) in [5.74, 6) is 0. The van der Waals surface area contributed by atoms with E-state index in [-0.39, 0.29) is 12.8 Å². The molecule has 20 heavy (non-hydrogen) atoms. The molecule has 1 saturated heterocycles. The zero-order valence-electron chi connectivity index (χ0n) is 11.0. The van der Waals surface area contributed by atoms with Gasteiger partial charge in [-0.15, -0.1) is 0 Å². The van der Waals surface area contributed by atoms with E-state index in [4.69, 9.17) is 9.47 Å². The lowest BCUT2D eigenvalue weighted by atomic mass is 10.2. The number of nitrogens with zero attached hydrogens (tertiary/aromatic N) is 4. The van der Waals surface area contributed by atoms with Crippen LogP contribution in [0.5, 0.6) is 0 Å². The molecule has 3 heterocycles. The maximum absolute atomic E-state index is 11.6. The largest absolute Gasteiger partial charge is 0.442 e. The maximum Gasteiger partial charge on any atom is 0.419 e. The molecule has 0 amide bonds.